The Bertz CT molecular complexity index is 857. The van der Waals surface area contributed by atoms with E-state index in [1.807, 2.05) is 0 Å². The highest BCUT2D eigenvalue weighted by molar-refractivity contribution is 7.91. The zero-order chi connectivity index (χ0) is 17.9. The summed E-state index contributed by atoms with van der Waals surface area (Å²) in [5.74, 6) is -0.810. The molecule has 1 aromatic heterocycles. The van der Waals surface area contributed by atoms with Gasteiger partial charge in [-0.05, 0) is 36.2 Å². The fourth-order valence-corrected chi connectivity index (χ4v) is 4.38. The van der Waals surface area contributed by atoms with Crippen molar-refractivity contribution in [3.63, 3.8) is 0 Å². The normalized spacial score (nSPS) is 18.6. The van der Waals surface area contributed by atoms with E-state index >= 15 is 0 Å². The number of carbonyl (C=O) groups excluding carboxylic acids is 2. The maximum atomic E-state index is 12.0. The lowest BCUT2D eigenvalue weighted by atomic mass is 10.1. The van der Waals surface area contributed by atoms with Gasteiger partial charge in [-0.25, -0.2) is 8.42 Å². The summed E-state index contributed by atoms with van der Waals surface area (Å²) >= 11 is 0. The predicted molar refractivity (Wildman–Crippen MR) is 91.7 cm³/mol. The molecule has 1 aliphatic rings. The summed E-state index contributed by atoms with van der Waals surface area (Å²) in [4.78, 5) is 23.9. The molecule has 132 valence electrons. The molecular weight excluding hydrogens is 344 g/mol. The monoisotopic (exact) mass is 362 g/mol. The largest absolute Gasteiger partial charge is 0.459 e. The first-order chi connectivity index (χ1) is 11.9. The van der Waals surface area contributed by atoms with Crippen LogP contribution in [0.1, 0.15) is 22.5 Å². The number of anilines is 1. The summed E-state index contributed by atoms with van der Waals surface area (Å²) in [5.41, 5.74) is 1.46. The molecule has 1 aliphatic heterocycles. The molecule has 25 heavy (non-hydrogen) atoms. The van der Waals surface area contributed by atoms with Crippen LogP contribution in [0.2, 0.25) is 0 Å². The molecule has 7 nitrogen and oxygen atoms in total. The molecule has 1 atom stereocenters. The first-order valence-electron chi connectivity index (χ1n) is 7.85. The van der Waals surface area contributed by atoms with E-state index in [0.717, 1.165) is 5.56 Å². The molecule has 0 saturated carbocycles. The van der Waals surface area contributed by atoms with Crippen molar-refractivity contribution in [2.45, 2.75) is 13.0 Å². The van der Waals surface area contributed by atoms with Gasteiger partial charge in [-0.15, -0.1) is 0 Å². The second-order valence-corrected chi connectivity index (χ2v) is 8.17. The van der Waals surface area contributed by atoms with Gasteiger partial charge in [-0.3, -0.25) is 9.59 Å². The number of amides is 2. The Labute approximate surface area is 145 Å². The summed E-state index contributed by atoms with van der Waals surface area (Å²) in [6.45, 7) is 0.307. The van der Waals surface area contributed by atoms with E-state index in [9.17, 15) is 18.0 Å². The number of furan rings is 1. The summed E-state index contributed by atoms with van der Waals surface area (Å²) in [6.07, 6.45) is 1.81. The number of carbonyl (C=O) groups is 2. The van der Waals surface area contributed by atoms with E-state index < -0.39 is 15.8 Å². The average molecular weight is 362 g/mol. The van der Waals surface area contributed by atoms with Gasteiger partial charge < -0.3 is 15.1 Å². The summed E-state index contributed by atoms with van der Waals surface area (Å²) in [7, 11) is -3.07. The van der Waals surface area contributed by atoms with E-state index in [0.29, 0.717) is 18.7 Å². The van der Waals surface area contributed by atoms with Crippen LogP contribution in [0.25, 0.3) is 0 Å². The molecular formula is C17H18N2O5S. The van der Waals surface area contributed by atoms with Crippen LogP contribution in [-0.4, -0.2) is 31.7 Å². The number of rotatable bonds is 5. The second kappa shape index (κ2) is 7.10. The SMILES string of the molecule is O=C(Nc1ccc(CNC(=O)[C@@H]2CCS(=O)(=O)C2)cc1)c1ccco1. The van der Waals surface area contributed by atoms with Crippen LogP contribution in [-0.2, 0) is 21.2 Å². The van der Waals surface area contributed by atoms with Crippen molar-refractivity contribution in [3.05, 3.63) is 54.0 Å². The highest BCUT2D eigenvalue weighted by Crippen LogP contribution is 2.18. The molecule has 1 saturated heterocycles. The van der Waals surface area contributed by atoms with Gasteiger partial charge in [0.1, 0.15) is 0 Å². The van der Waals surface area contributed by atoms with E-state index in [1.54, 1.807) is 36.4 Å². The van der Waals surface area contributed by atoms with Crippen LogP contribution in [0.5, 0.6) is 0 Å². The van der Waals surface area contributed by atoms with Gasteiger partial charge in [0.15, 0.2) is 15.6 Å². The van der Waals surface area contributed by atoms with Gasteiger partial charge in [-0.2, -0.15) is 0 Å². The lowest BCUT2D eigenvalue weighted by Gasteiger charge is -2.10. The van der Waals surface area contributed by atoms with Gasteiger partial charge in [0.2, 0.25) is 5.91 Å². The van der Waals surface area contributed by atoms with Crippen LogP contribution in [0.3, 0.4) is 0 Å². The second-order valence-electron chi connectivity index (χ2n) is 5.95. The van der Waals surface area contributed by atoms with Crippen molar-refractivity contribution >= 4 is 27.3 Å². The van der Waals surface area contributed by atoms with Crippen molar-refractivity contribution in [2.24, 2.45) is 5.92 Å². The predicted octanol–water partition coefficient (Wildman–Crippen LogP) is 1.58. The summed E-state index contributed by atoms with van der Waals surface area (Å²) in [5, 5.41) is 5.46. The third kappa shape index (κ3) is 4.48. The van der Waals surface area contributed by atoms with Crippen LogP contribution >= 0.6 is 0 Å². The van der Waals surface area contributed by atoms with E-state index in [-0.39, 0.29) is 29.1 Å². The van der Waals surface area contributed by atoms with Crippen molar-refractivity contribution < 1.29 is 22.4 Å². The summed E-state index contributed by atoms with van der Waals surface area (Å²) in [6, 6.07) is 10.2. The molecule has 2 aromatic rings. The highest BCUT2D eigenvalue weighted by atomic mass is 32.2. The topological polar surface area (TPSA) is 105 Å². The Balaban J connectivity index is 1.51. The first kappa shape index (κ1) is 17.2. The molecule has 2 heterocycles. The fraction of sp³-hybridized carbons (Fsp3) is 0.294. The van der Waals surface area contributed by atoms with Gasteiger partial charge >= 0.3 is 0 Å². The Morgan fingerprint density at radius 3 is 2.52 bits per heavy atom. The molecule has 0 aliphatic carbocycles. The van der Waals surface area contributed by atoms with E-state index in [2.05, 4.69) is 10.6 Å². The first-order valence-corrected chi connectivity index (χ1v) is 9.67. The fourth-order valence-electron chi connectivity index (χ4n) is 2.64. The minimum Gasteiger partial charge on any atom is -0.459 e. The van der Waals surface area contributed by atoms with Crippen molar-refractivity contribution in [3.8, 4) is 0 Å². The third-order valence-corrected chi connectivity index (χ3v) is 5.79. The Hall–Kier alpha value is -2.61. The van der Waals surface area contributed by atoms with Gasteiger partial charge in [0.25, 0.3) is 5.91 Å². The molecule has 1 aromatic carbocycles. The quantitative estimate of drug-likeness (QED) is 0.840. The van der Waals surface area contributed by atoms with Gasteiger partial charge in [0, 0.05) is 12.2 Å². The molecule has 8 heteroatoms. The van der Waals surface area contributed by atoms with Crippen LogP contribution < -0.4 is 10.6 Å². The molecule has 3 rings (SSSR count). The molecule has 1 fully saturated rings. The molecule has 2 amide bonds. The molecule has 0 radical (unpaired) electrons. The average Bonchev–Trinajstić information content (AvgIpc) is 3.23. The molecule has 0 spiro atoms. The van der Waals surface area contributed by atoms with Crippen molar-refractivity contribution in [1.82, 2.24) is 5.32 Å². The summed E-state index contributed by atoms with van der Waals surface area (Å²) < 4.78 is 27.8. The maximum Gasteiger partial charge on any atom is 0.291 e. The van der Waals surface area contributed by atoms with Crippen LogP contribution in [0, 0.1) is 5.92 Å². The van der Waals surface area contributed by atoms with Gasteiger partial charge in [0.05, 0.1) is 23.7 Å². The van der Waals surface area contributed by atoms with Crippen molar-refractivity contribution in [2.75, 3.05) is 16.8 Å². The van der Waals surface area contributed by atoms with Crippen LogP contribution in [0.4, 0.5) is 5.69 Å². The number of benzene rings is 1. The smallest absolute Gasteiger partial charge is 0.291 e. The zero-order valence-corrected chi connectivity index (χ0v) is 14.2. The Morgan fingerprint density at radius 1 is 1.16 bits per heavy atom. The number of sulfone groups is 1. The van der Waals surface area contributed by atoms with Gasteiger partial charge in [-0.1, -0.05) is 12.1 Å². The van der Waals surface area contributed by atoms with E-state index in [1.165, 1.54) is 6.26 Å². The number of hydrogen-bond acceptors (Lipinski definition) is 5. The Kier molecular flexibility index (Phi) is 4.89. The molecule has 0 unspecified atom stereocenters. The molecule has 0 bridgehead atoms. The maximum absolute atomic E-state index is 12.0. The zero-order valence-electron chi connectivity index (χ0n) is 13.4. The number of hydrogen-bond donors (Lipinski definition) is 2. The van der Waals surface area contributed by atoms with Crippen LogP contribution in [0.15, 0.2) is 47.1 Å². The Morgan fingerprint density at radius 2 is 1.92 bits per heavy atom. The lowest BCUT2D eigenvalue weighted by molar-refractivity contribution is -0.124. The van der Waals surface area contributed by atoms with E-state index in [4.69, 9.17) is 4.42 Å². The minimum absolute atomic E-state index is 0.0728. The minimum atomic E-state index is -3.07. The van der Waals surface area contributed by atoms with Crippen molar-refractivity contribution in [1.29, 1.82) is 0 Å². The molecule has 2 N–H and O–H groups in total. The highest BCUT2D eigenvalue weighted by Gasteiger charge is 2.32. The third-order valence-electron chi connectivity index (χ3n) is 4.03. The standard InChI is InChI=1S/C17H18N2O5S/c20-16(13-7-9-25(22,23)11-13)18-10-12-3-5-14(6-4-12)19-17(21)15-2-1-8-24-15/h1-6,8,13H,7,9-11H2,(H,18,20)(H,19,21)/t13-/m1/s1. The number of nitrogens with one attached hydrogen (secondary N) is 2. The lowest BCUT2D eigenvalue weighted by Crippen LogP contribution is -2.30.